The molecule has 0 amide bonds. The molecule has 0 fully saturated rings. The number of benzene rings is 3. The summed E-state index contributed by atoms with van der Waals surface area (Å²) >= 11 is 6.59. The van der Waals surface area contributed by atoms with E-state index < -0.39 is 21.4 Å². The molecule has 3 rings (SSSR count). The highest BCUT2D eigenvalue weighted by Crippen LogP contribution is 2.28. The topological polar surface area (TPSA) is 63.2 Å². The van der Waals surface area contributed by atoms with Gasteiger partial charge in [0.25, 0.3) is 0 Å². The molecular formula is C22H20ClNO3S. The van der Waals surface area contributed by atoms with Gasteiger partial charge in [-0.2, -0.15) is 4.72 Å². The zero-order valence-corrected chi connectivity index (χ0v) is 16.8. The van der Waals surface area contributed by atoms with Crippen LogP contribution in [0.2, 0.25) is 0 Å². The Morgan fingerprint density at radius 2 is 1.39 bits per heavy atom. The lowest BCUT2D eigenvalue weighted by atomic mass is 9.98. The molecule has 6 heteroatoms. The summed E-state index contributed by atoms with van der Waals surface area (Å²) in [4.78, 5) is 13.2. The van der Waals surface area contributed by atoms with Crippen molar-refractivity contribution in [2.45, 2.75) is 23.2 Å². The summed E-state index contributed by atoms with van der Waals surface area (Å²) in [6.07, 6.45) is 0. The molecule has 0 aliphatic heterocycles. The minimum absolute atomic E-state index is 0.0842. The number of halogens is 1. The molecule has 0 saturated carbocycles. The summed E-state index contributed by atoms with van der Waals surface area (Å²) in [5.41, 5.74) is 1.99. The van der Waals surface area contributed by atoms with Crippen LogP contribution in [0.5, 0.6) is 0 Å². The summed E-state index contributed by atoms with van der Waals surface area (Å²) in [5.74, 6) is -0.389. The maximum absolute atomic E-state index is 13.1. The molecule has 0 aliphatic rings. The van der Waals surface area contributed by atoms with Crippen molar-refractivity contribution in [1.82, 2.24) is 4.72 Å². The van der Waals surface area contributed by atoms with Crippen molar-refractivity contribution >= 4 is 27.4 Å². The smallest absolute Gasteiger partial charge is 0.241 e. The van der Waals surface area contributed by atoms with Crippen LogP contribution < -0.4 is 4.72 Å². The highest BCUT2D eigenvalue weighted by atomic mass is 35.5. The van der Waals surface area contributed by atoms with Crippen LogP contribution in [0.4, 0.5) is 0 Å². The van der Waals surface area contributed by atoms with Crippen molar-refractivity contribution in [2.75, 3.05) is 0 Å². The molecule has 2 atom stereocenters. The van der Waals surface area contributed by atoms with Crippen molar-refractivity contribution in [1.29, 1.82) is 0 Å². The molecule has 0 spiro atoms. The number of Topliss-reactive ketones (excluding diaryl/α,β-unsaturated/α-hetero) is 1. The Kier molecular flexibility index (Phi) is 6.29. The zero-order chi connectivity index (χ0) is 20.1. The van der Waals surface area contributed by atoms with Gasteiger partial charge in [0.05, 0.1) is 10.3 Å². The third-order valence-corrected chi connectivity index (χ3v) is 6.33. The van der Waals surface area contributed by atoms with Crippen LogP contribution in [-0.2, 0) is 10.0 Å². The zero-order valence-electron chi connectivity index (χ0n) is 15.2. The Labute approximate surface area is 170 Å². The number of hydrogen-bond donors (Lipinski definition) is 1. The molecule has 0 saturated heterocycles. The van der Waals surface area contributed by atoms with E-state index in [1.165, 1.54) is 12.1 Å². The first-order valence-corrected chi connectivity index (χ1v) is 10.7. The quantitative estimate of drug-likeness (QED) is 0.458. The molecular weight excluding hydrogens is 394 g/mol. The van der Waals surface area contributed by atoms with Crippen molar-refractivity contribution in [3.63, 3.8) is 0 Å². The second-order valence-corrected chi connectivity index (χ2v) is 8.64. The second-order valence-electron chi connectivity index (χ2n) is 6.45. The van der Waals surface area contributed by atoms with E-state index in [1.807, 2.05) is 13.0 Å². The van der Waals surface area contributed by atoms with E-state index >= 15 is 0 Å². The van der Waals surface area contributed by atoms with Crippen LogP contribution in [0.15, 0.2) is 89.8 Å². The number of hydrogen-bond acceptors (Lipinski definition) is 3. The summed E-state index contributed by atoms with van der Waals surface area (Å²) in [6, 6.07) is 22.8. The highest BCUT2D eigenvalue weighted by Gasteiger charge is 2.33. The number of alkyl halides is 1. The average molecular weight is 414 g/mol. The van der Waals surface area contributed by atoms with Gasteiger partial charge in [-0.25, -0.2) is 8.42 Å². The van der Waals surface area contributed by atoms with Gasteiger partial charge in [-0.05, 0) is 24.6 Å². The van der Waals surface area contributed by atoms with E-state index in [0.717, 1.165) is 5.56 Å². The number of nitrogens with one attached hydrogen (secondary N) is 1. The lowest BCUT2D eigenvalue weighted by molar-refractivity contribution is 0.0951. The second kappa shape index (κ2) is 8.69. The predicted molar refractivity (Wildman–Crippen MR) is 111 cm³/mol. The SMILES string of the molecule is Cc1ccc(S(=O)(=O)N[C@@H](C(=O)c2ccccc2)[C@H](Cl)c2ccccc2)cc1. The lowest BCUT2D eigenvalue weighted by Gasteiger charge is -2.23. The molecule has 0 heterocycles. The van der Waals surface area contributed by atoms with Crippen LogP contribution >= 0.6 is 11.6 Å². The maximum Gasteiger partial charge on any atom is 0.241 e. The molecule has 4 nitrogen and oxygen atoms in total. The Bertz CT molecular complexity index is 1040. The minimum Gasteiger partial charge on any atom is -0.292 e. The number of rotatable bonds is 7. The van der Waals surface area contributed by atoms with Crippen molar-refractivity contribution in [3.05, 3.63) is 102 Å². The first kappa shape index (κ1) is 20.3. The van der Waals surface area contributed by atoms with Crippen LogP contribution in [0, 0.1) is 6.92 Å². The summed E-state index contributed by atoms with van der Waals surface area (Å²) in [5, 5.41) is -0.867. The first-order valence-electron chi connectivity index (χ1n) is 8.76. The standard InChI is InChI=1S/C22H20ClNO3S/c1-16-12-14-19(15-13-16)28(26,27)24-21(20(23)17-8-4-2-5-9-17)22(25)18-10-6-3-7-11-18/h2-15,20-21,24H,1H3/t20-,21-/m1/s1. The maximum atomic E-state index is 13.1. The van der Waals surface area contributed by atoms with E-state index in [0.29, 0.717) is 11.1 Å². The predicted octanol–water partition coefficient (Wildman–Crippen LogP) is 4.50. The van der Waals surface area contributed by atoms with Gasteiger partial charge in [-0.3, -0.25) is 4.79 Å². The third kappa shape index (κ3) is 4.68. The van der Waals surface area contributed by atoms with Crippen LogP contribution in [-0.4, -0.2) is 20.2 Å². The number of aryl methyl sites for hydroxylation is 1. The fourth-order valence-corrected chi connectivity index (χ4v) is 4.42. The molecule has 0 aliphatic carbocycles. The average Bonchev–Trinajstić information content (AvgIpc) is 2.72. The summed E-state index contributed by atoms with van der Waals surface area (Å²) in [6.45, 7) is 1.87. The van der Waals surface area contributed by atoms with Crippen molar-refractivity contribution in [3.8, 4) is 0 Å². The Morgan fingerprint density at radius 3 is 1.96 bits per heavy atom. The van der Waals surface area contributed by atoms with E-state index in [9.17, 15) is 13.2 Å². The summed E-state index contributed by atoms with van der Waals surface area (Å²) < 4.78 is 28.3. The lowest BCUT2D eigenvalue weighted by Crippen LogP contribution is -2.43. The van der Waals surface area contributed by atoms with Gasteiger partial charge in [0.15, 0.2) is 5.78 Å². The van der Waals surface area contributed by atoms with Gasteiger partial charge in [0.1, 0.15) is 6.04 Å². The van der Waals surface area contributed by atoms with E-state index in [1.54, 1.807) is 66.7 Å². The molecule has 0 aromatic heterocycles. The third-order valence-electron chi connectivity index (χ3n) is 4.36. The molecule has 0 radical (unpaired) electrons. The fraction of sp³-hybridized carbons (Fsp3) is 0.136. The van der Waals surface area contributed by atoms with Crippen molar-refractivity contribution < 1.29 is 13.2 Å². The largest absolute Gasteiger partial charge is 0.292 e. The molecule has 28 heavy (non-hydrogen) atoms. The van der Waals surface area contributed by atoms with Crippen molar-refractivity contribution in [2.24, 2.45) is 0 Å². The first-order chi connectivity index (χ1) is 13.4. The van der Waals surface area contributed by atoms with Crippen LogP contribution in [0.1, 0.15) is 26.9 Å². The van der Waals surface area contributed by atoms with E-state index in [-0.39, 0.29) is 10.7 Å². The number of carbonyl (C=O) groups excluding carboxylic acids is 1. The molecule has 0 bridgehead atoms. The fourth-order valence-electron chi connectivity index (χ4n) is 2.81. The molecule has 3 aromatic carbocycles. The number of carbonyl (C=O) groups is 1. The monoisotopic (exact) mass is 413 g/mol. The van der Waals surface area contributed by atoms with Gasteiger partial charge in [0, 0.05) is 5.56 Å². The van der Waals surface area contributed by atoms with Gasteiger partial charge in [-0.15, -0.1) is 11.6 Å². The number of ketones is 1. The van der Waals surface area contributed by atoms with E-state index in [2.05, 4.69) is 4.72 Å². The van der Waals surface area contributed by atoms with Gasteiger partial charge in [-0.1, -0.05) is 78.4 Å². The van der Waals surface area contributed by atoms with Gasteiger partial charge < -0.3 is 0 Å². The molecule has 3 aromatic rings. The van der Waals surface area contributed by atoms with Gasteiger partial charge in [0.2, 0.25) is 10.0 Å². The Balaban J connectivity index is 1.98. The van der Waals surface area contributed by atoms with E-state index in [4.69, 9.17) is 11.6 Å². The molecule has 144 valence electrons. The Morgan fingerprint density at radius 1 is 0.857 bits per heavy atom. The highest BCUT2D eigenvalue weighted by molar-refractivity contribution is 7.89. The van der Waals surface area contributed by atoms with Gasteiger partial charge >= 0.3 is 0 Å². The molecule has 0 unspecified atom stereocenters. The minimum atomic E-state index is -3.94. The Hall–Kier alpha value is -2.47. The number of sulfonamides is 1. The summed E-state index contributed by atoms with van der Waals surface area (Å²) in [7, 11) is -3.94. The van der Waals surface area contributed by atoms with Crippen LogP contribution in [0.3, 0.4) is 0 Å². The molecule has 1 N–H and O–H groups in total. The van der Waals surface area contributed by atoms with Crippen LogP contribution in [0.25, 0.3) is 0 Å². The normalized spacial score (nSPS) is 13.6.